The first-order valence-electron chi connectivity index (χ1n) is 11.7. The number of amides is 2. The van der Waals surface area contributed by atoms with Crippen molar-refractivity contribution in [3.8, 4) is 11.5 Å². The van der Waals surface area contributed by atoms with Gasteiger partial charge in [0, 0.05) is 49.9 Å². The van der Waals surface area contributed by atoms with Gasteiger partial charge in [-0.25, -0.2) is 0 Å². The third-order valence-electron chi connectivity index (χ3n) is 5.33. The van der Waals surface area contributed by atoms with E-state index < -0.39 is 12.2 Å². The molecule has 1 aliphatic rings. The Kier molecular flexibility index (Phi) is 8.14. The Morgan fingerprint density at radius 3 is 2.68 bits per heavy atom. The summed E-state index contributed by atoms with van der Waals surface area (Å²) in [7, 11) is 0. The van der Waals surface area contributed by atoms with E-state index in [1.165, 1.54) is 18.2 Å². The number of fused-ring (bicyclic) bond motifs is 1. The maximum atomic E-state index is 13.3. The summed E-state index contributed by atoms with van der Waals surface area (Å²) < 4.78 is 40.6. The van der Waals surface area contributed by atoms with Gasteiger partial charge in [0.2, 0.25) is 0 Å². The van der Waals surface area contributed by atoms with Gasteiger partial charge in [0.25, 0.3) is 11.8 Å². The highest BCUT2D eigenvalue weighted by molar-refractivity contribution is 6.08. The highest BCUT2D eigenvalue weighted by atomic mass is 19.3. The Bertz CT molecular complexity index is 1270. The van der Waals surface area contributed by atoms with Gasteiger partial charge in [-0.3, -0.25) is 14.6 Å². The lowest BCUT2D eigenvalue weighted by molar-refractivity contribution is -0.286. The molecule has 0 atom stereocenters. The van der Waals surface area contributed by atoms with Crippen molar-refractivity contribution in [1.82, 2.24) is 10.3 Å². The van der Waals surface area contributed by atoms with Crippen LogP contribution in [0.25, 0.3) is 0 Å². The fraction of sp³-hybridized carbons (Fsp3) is 0.269. The van der Waals surface area contributed by atoms with Gasteiger partial charge in [0.1, 0.15) is 5.69 Å². The van der Waals surface area contributed by atoms with Gasteiger partial charge in [0.15, 0.2) is 11.5 Å². The number of rotatable bonds is 11. The summed E-state index contributed by atoms with van der Waals surface area (Å²) in [6.07, 6.45) is -1.48. The second kappa shape index (κ2) is 11.7. The van der Waals surface area contributed by atoms with E-state index in [0.717, 1.165) is 5.56 Å². The zero-order valence-electron chi connectivity index (χ0n) is 20.1. The summed E-state index contributed by atoms with van der Waals surface area (Å²) in [5, 5.41) is 8.69. The highest BCUT2D eigenvalue weighted by Gasteiger charge is 2.43. The van der Waals surface area contributed by atoms with E-state index in [4.69, 9.17) is 4.74 Å². The SMILES string of the molecule is CCOCCCNC(=O)c1cc(CNc2ccccc2C(=O)Nc2ccc3c(c2)OC(F)(F)O3)ccn1. The number of carbonyl (C=O) groups excluding carboxylic acids is 2. The largest absolute Gasteiger partial charge is 0.586 e. The number of hydrogen-bond donors (Lipinski definition) is 3. The molecule has 3 N–H and O–H groups in total. The molecule has 4 rings (SSSR count). The third kappa shape index (κ3) is 6.91. The minimum atomic E-state index is -3.74. The van der Waals surface area contributed by atoms with Crippen molar-refractivity contribution in [3.63, 3.8) is 0 Å². The minimum Gasteiger partial charge on any atom is -0.395 e. The smallest absolute Gasteiger partial charge is 0.395 e. The Balaban J connectivity index is 1.37. The molecule has 0 unspecified atom stereocenters. The molecule has 0 aliphatic carbocycles. The zero-order chi connectivity index (χ0) is 26.3. The molecule has 37 heavy (non-hydrogen) atoms. The van der Waals surface area contributed by atoms with Crippen molar-refractivity contribution in [2.45, 2.75) is 26.2 Å². The van der Waals surface area contributed by atoms with E-state index in [-0.39, 0.29) is 28.8 Å². The first kappa shape index (κ1) is 25.8. The molecule has 0 radical (unpaired) electrons. The lowest BCUT2D eigenvalue weighted by Gasteiger charge is -2.13. The molecule has 0 saturated heterocycles. The number of nitrogens with one attached hydrogen (secondary N) is 3. The van der Waals surface area contributed by atoms with Crippen LogP contribution in [0.4, 0.5) is 20.2 Å². The number of ether oxygens (including phenoxy) is 3. The van der Waals surface area contributed by atoms with Crippen LogP contribution >= 0.6 is 0 Å². The fourth-order valence-electron chi connectivity index (χ4n) is 3.58. The topological polar surface area (TPSA) is 111 Å². The predicted molar refractivity (Wildman–Crippen MR) is 132 cm³/mol. The van der Waals surface area contributed by atoms with Crippen LogP contribution in [-0.2, 0) is 11.3 Å². The average Bonchev–Trinajstić information content (AvgIpc) is 3.20. The standard InChI is InChI=1S/C26H26F2N4O5/c1-2-35-13-5-11-30-25(34)21-14-17(10-12-29-21)16-31-20-7-4-3-6-19(20)24(33)32-18-8-9-22-23(15-18)37-26(27,28)36-22/h3-4,6-10,12,14-15,31H,2,5,11,13,16H2,1H3,(H,30,34)(H,32,33). The van der Waals surface area contributed by atoms with Crippen LogP contribution < -0.4 is 25.4 Å². The Morgan fingerprint density at radius 1 is 1.03 bits per heavy atom. The monoisotopic (exact) mass is 512 g/mol. The lowest BCUT2D eigenvalue weighted by atomic mass is 10.1. The quantitative estimate of drug-likeness (QED) is 0.326. The van der Waals surface area contributed by atoms with Gasteiger partial charge in [-0.05, 0) is 55.3 Å². The van der Waals surface area contributed by atoms with Crippen molar-refractivity contribution in [2.75, 3.05) is 30.4 Å². The van der Waals surface area contributed by atoms with E-state index in [9.17, 15) is 18.4 Å². The predicted octanol–water partition coefficient (Wildman–Crippen LogP) is 4.42. The summed E-state index contributed by atoms with van der Waals surface area (Å²) >= 11 is 0. The van der Waals surface area contributed by atoms with E-state index in [1.54, 1.807) is 42.6 Å². The zero-order valence-corrected chi connectivity index (χ0v) is 20.1. The molecule has 1 aliphatic heterocycles. The number of pyridine rings is 1. The van der Waals surface area contributed by atoms with Gasteiger partial charge in [0.05, 0.1) is 5.56 Å². The van der Waals surface area contributed by atoms with Gasteiger partial charge >= 0.3 is 6.29 Å². The molecule has 1 aromatic heterocycles. The van der Waals surface area contributed by atoms with Crippen LogP contribution in [0.2, 0.25) is 0 Å². The normalized spacial score (nSPS) is 13.2. The molecule has 9 nitrogen and oxygen atoms in total. The van der Waals surface area contributed by atoms with Crippen molar-refractivity contribution >= 4 is 23.2 Å². The molecule has 194 valence electrons. The molecule has 2 amide bonds. The fourth-order valence-corrected chi connectivity index (χ4v) is 3.58. The molecule has 0 spiro atoms. The van der Waals surface area contributed by atoms with E-state index >= 15 is 0 Å². The second-order valence-corrected chi connectivity index (χ2v) is 8.04. The molecule has 0 saturated carbocycles. The maximum Gasteiger partial charge on any atom is 0.586 e. The van der Waals surface area contributed by atoms with Crippen LogP contribution in [0.1, 0.15) is 39.8 Å². The summed E-state index contributed by atoms with van der Waals surface area (Å²) in [5.41, 5.74) is 2.24. The van der Waals surface area contributed by atoms with Crippen LogP contribution in [0.3, 0.4) is 0 Å². The van der Waals surface area contributed by atoms with Crippen molar-refractivity contribution in [1.29, 1.82) is 0 Å². The molecule has 2 heterocycles. The Hall–Kier alpha value is -4.25. The molecule has 3 aromatic rings. The lowest BCUT2D eigenvalue weighted by Crippen LogP contribution is -2.26. The first-order chi connectivity index (χ1) is 17.8. The van der Waals surface area contributed by atoms with E-state index in [1.807, 2.05) is 6.92 Å². The van der Waals surface area contributed by atoms with Crippen molar-refractivity contribution in [3.05, 3.63) is 77.6 Å². The Labute approximate surface area is 212 Å². The van der Waals surface area contributed by atoms with Gasteiger partial charge < -0.3 is 30.2 Å². The number of para-hydroxylation sites is 1. The van der Waals surface area contributed by atoms with Gasteiger partial charge in [-0.2, -0.15) is 0 Å². The molecular weight excluding hydrogens is 486 g/mol. The number of carbonyl (C=O) groups is 2. The number of benzene rings is 2. The number of alkyl halides is 2. The van der Waals surface area contributed by atoms with Crippen LogP contribution in [-0.4, -0.2) is 42.9 Å². The minimum absolute atomic E-state index is 0.110. The van der Waals surface area contributed by atoms with Gasteiger partial charge in [-0.15, -0.1) is 8.78 Å². The molecule has 0 bridgehead atoms. The van der Waals surface area contributed by atoms with Crippen molar-refractivity contribution < 1.29 is 32.6 Å². The number of aromatic nitrogens is 1. The summed E-state index contributed by atoms with van der Waals surface area (Å²) in [6.45, 7) is 3.94. The number of hydrogen-bond acceptors (Lipinski definition) is 7. The number of halogens is 2. The molecule has 11 heteroatoms. The summed E-state index contributed by atoms with van der Waals surface area (Å²) in [4.78, 5) is 29.5. The first-order valence-corrected chi connectivity index (χ1v) is 11.7. The maximum absolute atomic E-state index is 13.3. The third-order valence-corrected chi connectivity index (χ3v) is 5.33. The Morgan fingerprint density at radius 2 is 1.84 bits per heavy atom. The van der Waals surface area contributed by atoms with Crippen LogP contribution in [0.15, 0.2) is 60.8 Å². The summed E-state index contributed by atoms with van der Waals surface area (Å²) in [6, 6.07) is 14.3. The molecular formula is C26H26F2N4O5. The van der Waals surface area contributed by atoms with Gasteiger partial charge in [-0.1, -0.05) is 12.1 Å². The van der Waals surface area contributed by atoms with Crippen LogP contribution in [0, 0.1) is 0 Å². The summed E-state index contributed by atoms with van der Waals surface area (Å²) in [5.74, 6) is -1.00. The molecule has 2 aromatic carbocycles. The van der Waals surface area contributed by atoms with Crippen LogP contribution in [0.5, 0.6) is 11.5 Å². The molecule has 0 fully saturated rings. The number of nitrogens with zero attached hydrogens (tertiary/aromatic N) is 1. The second-order valence-electron chi connectivity index (χ2n) is 8.04. The highest BCUT2D eigenvalue weighted by Crippen LogP contribution is 2.42. The number of anilines is 2. The average molecular weight is 513 g/mol. The van der Waals surface area contributed by atoms with E-state index in [2.05, 4.69) is 30.4 Å². The van der Waals surface area contributed by atoms with Crippen molar-refractivity contribution in [2.24, 2.45) is 0 Å². The van der Waals surface area contributed by atoms with E-state index in [0.29, 0.717) is 44.0 Å².